The Labute approximate surface area is 124 Å². The molecule has 0 aromatic heterocycles. The minimum atomic E-state index is -0.186. The number of nitrogens with one attached hydrogen (secondary N) is 1. The maximum absolute atomic E-state index is 11.3. The van der Waals surface area contributed by atoms with Gasteiger partial charge in [-0.1, -0.05) is 0 Å². The first kappa shape index (κ1) is 15.0. The van der Waals surface area contributed by atoms with Crippen LogP contribution in [0.2, 0.25) is 0 Å². The third-order valence-corrected chi connectivity index (χ3v) is 3.71. The molecule has 1 N–H and O–H groups in total. The molecule has 5 heteroatoms. The van der Waals surface area contributed by atoms with Crippen LogP contribution in [-0.2, 0) is 11.3 Å². The highest BCUT2D eigenvalue weighted by Crippen LogP contribution is 2.29. The molecule has 20 heavy (non-hydrogen) atoms. The van der Waals surface area contributed by atoms with Gasteiger partial charge in [-0.05, 0) is 37.8 Å². The molecule has 0 unspecified atom stereocenters. The topological polar surface area (TPSA) is 47.6 Å². The summed E-state index contributed by atoms with van der Waals surface area (Å²) in [6.45, 7) is 0.414. The highest BCUT2D eigenvalue weighted by Gasteiger charge is 2.18. The van der Waals surface area contributed by atoms with Crippen molar-refractivity contribution in [2.24, 2.45) is 0 Å². The average Bonchev–Trinajstić information content (AvgIpc) is 2.98. The molecule has 1 amide bonds. The second-order valence-electron chi connectivity index (χ2n) is 4.91. The van der Waals surface area contributed by atoms with E-state index < -0.39 is 0 Å². The number of hydrogen-bond donors (Lipinski definition) is 1. The standard InChI is InChI=1S/C15H20ClNO3/c1-19-13-7-6-11(10-17-15(18)9-16)14(8-13)20-12-4-2-3-5-12/h6-8,12H,2-5,9-10H2,1H3,(H,17,18). The lowest BCUT2D eigenvalue weighted by Crippen LogP contribution is -2.24. The number of rotatable bonds is 6. The fraction of sp³-hybridized carbons (Fsp3) is 0.533. The first-order chi connectivity index (χ1) is 9.72. The van der Waals surface area contributed by atoms with Crippen molar-refractivity contribution in [3.8, 4) is 11.5 Å². The lowest BCUT2D eigenvalue weighted by atomic mass is 10.1. The number of carbonyl (C=O) groups is 1. The molecule has 1 fully saturated rings. The monoisotopic (exact) mass is 297 g/mol. The average molecular weight is 298 g/mol. The van der Waals surface area contributed by atoms with Gasteiger partial charge in [0.2, 0.25) is 5.91 Å². The quantitative estimate of drug-likeness (QED) is 0.821. The highest BCUT2D eigenvalue weighted by molar-refractivity contribution is 6.27. The highest BCUT2D eigenvalue weighted by atomic mass is 35.5. The second-order valence-corrected chi connectivity index (χ2v) is 5.18. The molecule has 2 rings (SSSR count). The van der Waals surface area contributed by atoms with Crippen LogP contribution in [0.5, 0.6) is 11.5 Å². The molecular weight excluding hydrogens is 278 g/mol. The van der Waals surface area contributed by atoms with Crippen LogP contribution in [-0.4, -0.2) is 25.0 Å². The summed E-state index contributed by atoms with van der Waals surface area (Å²) in [5.41, 5.74) is 0.941. The summed E-state index contributed by atoms with van der Waals surface area (Å²) in [6, 6.07) is 5.65. The Balaban J connectivity index is 2.09. The number of carbonyl (C=O) groups excluding carboxylic acids is 1. The van der Waals surface area contributed by atoms with Gasteiger partial charge in [-0.15, -0.1) is 11.6 Å². The van der Waals surface area contributed by atoms with E-state index in [4.69, 9.17) is 21.1 Å². The molecule has 0 spiro atoms. The van der Waals surface area contributed by atoms with Gasteiger partial charge in [0.15, 0.2) is 0 Å². The molecule has 0 heterocycles. The molecule has 1 aromatic carbocycles. The normalized spacial score (nSPS) is 15.1. The van der Waals surface area contributed by atoms with Crippen molar-refractivity contribution in [2.75, 3.05) is 13.0 Å². The van der Waals surface area contributed by atoms with Crippen LogP contribution in [0, 0.1) is 0 Å². The molecule has 0 saturated heterocycles. The van der Waals surface area contributed by atoms with Crippen molar-refractivity contribution >= 4 is 17.5 Å². The van der Waals surface area contributed by atoms with Crippen molar-refractivity contribution < 1.29 is 14.3 Å². The van der Waals surface area contributed by atoms with E-state index in [1.54, 1.807) is 7.11 Å². The molecule has 1 saturated carbocycles. The number of benzene rings is 1. The van der Waals surface area contributed by atoms with Gasteiger partial charge in [-0.2, -0.15) is 0 Å². The molecule has 1 aliphatic rings. The van der Waals surface area contributed by atoms with Gasteiger partial charge in [-0.3, -0.25) is 4.79 Å². The molecule has 0 bridgehead atoms. The summed E-state index contributed by atoms with van der Waals surface area (Å²) in [6.07, 6.45) is 4.87. The van der Waals surface area contributed by atoms with E-state index in [2.05, 4.69) is 5.32 Å². The van der Waals surface area contributed by atoms with E-state index >= 15 is 0 Å². The lowest BCUT2D eigenvalue weighted by molar-refractivity contribution is -0.118. The molecule has 1 aliphatic carbocycles. The number of halogens is 1. The maximum atomic E-state index is 11.3. The van der Waals surface area contributed by atoms with Gasteiger partial charge in [0.1, 0.15) is 17.4 Å². The van der Waals surface area contributed by atoms with Crippen molar-refractivity contribution in [2.45, 2.75) is 38.3 Å². The summed E-state index contributed by atoms with van der Waals surface area (Å²) in [4.78, 5) is 11.3. The number of methoxy groups -OCH3 is 1. The van der Waals surface area contributed by atoms with Gasteiger partial charge in [0, 0.05) is 18.2 Å². The fourth-order valence-electron chi connectivity index (χ4n) is 2.34. The second kappa shape index (κ2) is 7.39. The maximum Gasteiger partial charge on any atom is 0.235 e. The Morgan fingerprint density at radius 3 is 2.80 bits per heavy atom. The number of hydrogen-bond acceptors (Lipinski definition) is 3. The summed E-state index contributed by atoms with van der Waals surface area (Å²) in [5.74, 6) is 1.32. The van der Waals surface area contributed by atoms with E-state index in [0.29, 0.717) is 6.54 Å². The predicted molar refractivity (Wildman–Crippen MR) is 78.4 cm³/mol. The first-order valence-electron chi connectivity index (χ1n) is 6.89. The van der Waals surface area contributed by atoms with Crippen LogP contribution in [0.4, 0.5) is 0 Å². The smallest absolute Gasteiger partial charge is 0.235 e. The molecule has 110 valence electrons. The summed E-state index contributed by atoms with van der Waals surface area (Å²) in [7, 11) is 1.63. The van der Waals surface area contributed by atoms with Crippen LogP contribution < -0.4 is 14.8 Å². The van der Waals surface area contributed by atoms with E-state index in [1.807, 2.05) is 18.2 Å². The summed E-state index contributed by atoms with van der Waals surface area (Å²) < 4.78 is 11.3. The van der Waals surface area contributed by atoms with Crippen molar-refractivity contribution in [3.05, 3.63) is 23.8 Å². The SMILES string of the molecule is COc1ccc(CNC(=O)CCl)c(OC2CCCC2)c1. The van der Waals surface area contributed by atoms with Gasteiger partial charge in [0.05, 0.1) is 13.2 Å². The van der Waals surface area contributed by atoms with Crippen LogP contribution in [0.25, 0.3) is 0 Å². The molecular formula is C15H20ClNO3. The Kier molecular flexibility index (Phi) is 5.53. The molecule has 1 aromatic rings. The first-order valence-corrected chi connectivity index (χ1v) is 7.42. The van der Waals surface area contributed by atoms with Crippen molar-refractivity contribution in [3.63, 3.8) is 0 Å². The van der Waals surface area contributed by atoms with Gasteiger partial charge < -0.3 is 14.8 Å². The van der Waals surface area contributed by atoms with Crippen LogP contribution >= 0.6 is 11.6 Å². The van der Waals surface area contributed by atoms with Gasteiger partial charge in [-0.25, -0.2) is 0 Å². The lowest BCUT2D eigenvalue weighted by Gasteiger charge is -2.17. The van der Waals surface area contributed by atoms with Crippen LogP contribution in [0.1, 0.15) is 31.2 Å². The zero-order chi connectivity index (χ0) is 14.4. The third-order valence-electron chi connectivity index (χ3n) is 3.47. The van der Waals surface area contributed by atoms with E-state index in [0.717, 1.165) is 29.9 Å². The summed E-state index contributed by atoms with van der Waals surface area (Å²) >= 11 is 5.48. The molecule has 0 radical (unpaired) electrons. The minimum Gasteiger partial charge on any atom is -0.497 e. The largest absolute Gasteiger partial charge is 0.497 e. The number of alkyl halides is 1. The Morgan fingerprint density at radius 1 is 1.40 bits per heavy atom. The van der Waals surface area contributed by atoms with Crippen LogP contribution in [0.3, 0.4) is 0 Å². The van der Waals surface area contributed by atoms with E-state index in [1.165, 1.54) is 12.8 Å². The Morgan fingerprint density at radius 2 is 2.15 bits per heavy atom. The number of amides is 1. The molecule has 0 aliphatic heterocycles. The van der Waals surface area contributed by atoms with E-state index in [9.17, 15) is 4.79 Å². The molecule has 4 nitrogen and oxygen atoms in total. The van der Waals surface area contributed by atoms with Gasteiger partial charge >= 0.3 is 0 Å². The Bertz CT molecular complexity index is 458. The summed E-state index contributed by atoms with van der Waals surface area (Å²) in [5, 5.41) is 2.76. The zero-order valence-electron chi connectivity index (χ0n) is 11.7. The zero-order valence-corrected chi connectivity index (χ0v) is 12.4. The van der Waals surface area contributed by atoms with Crippen LogP contribution in [0.15, 0.2) is 18.2 Å². The minimum absolute atomic E-state index is 0.0328. The molecule has 0 atom stereocenters. The van der Waals surface area contributed by atoms with Gasteiger partial charge in [0.25, 0.3) is 0 Å². The van der Waals surface area contributed by atoms with E-state index in [-0.39, 0.29) is 17.9 Å². The third kappa shape index (κ3) is 4.04. The fourth-order valence-corrected chi connectivity index (χ4v) is 2.44. The van der Waals surface area contributed by atoms with Crippen molar-refractivity contribution in [1.82, 2.24) is 5.32 Å². The Hall–Kier alpha value is -1.42. The van der Waals surface area contributed by atoms with Crippen molar-refractivity contribution in [1.29, 1.82) is 0 Å². The number of ether oxygens (including phenoxy) is 2. The predicted octanol–water partition coefficient (Wildman–Crippen LogP) is 2.87.